The molecule has 6 nitrogen and oxygen atoms in total. The van der Waals surface area contributed by atoms with Gasteiger partial charge in [0, 0.05) is 29.9 Å². The Balaban J connectivity index is 1.64. The first kappa shape index (κ1) is 18.7. The van der Waals surface area contributed by atoms with Gasteiger partial charge in [-0.25, -0.2) is 9.37 Å². The first-order chi connectivity index (χ1) is 15.1. The van der Waals surface area contributed by atoms with Crippen molar-refractivity contribution >= 4 is 34.2 Å². The van der Waals surface area contributed by atoms with Crippen molar-refractivity contribution in [3.63, 3.8) is 0 Å². The molecule has 152 valence electrons. The highest BCUT2D eigenvalue weighted by Crippen LogP contribution is 2.34. The van der Waals surface area contributed by atoms with Gasteiger partial charge in [-0.1, -0.05) is 18.2 Å². The average Bonchev–Trinajstić information content (AvgIpc) is 3.40. The monoisotopic (exact) mass is 410 g/mol. The normalized spacial score (nSPS) is 11.9. The van der Waals surface area contributed by atoms with E-state index in [1.54, 1.807) is 18.5 Å². The van der Waals surface area contributed by atoms with E-state index in [1.165, 1.54) is 12.1 Å². The topological polar surface area (TPSA) is 81.8 Å². The number of aromatic nitrogens is 4. The zero-order chi connectivity index (χ0) is 21.4. The SMILES string of the molecule is C=NN/C=C(\C)c1ccc2[nH]nc(-c3cc4c(-c5cccc(F)c5)ccnc4[nH]3)c2c1. The first-order valence-electron chi connectivity index (χ1n) is 9.74. The van der Waals surface area contributed by atoms with Gasteiger partial charge in [0.1, 0.15) is 17.2 Å². The maximum atomic E-state index is 13.8. The molecule has 0 fully saturated rings. The molecule has 3 N–H and O–H groups in total. The maximum Gasteiger partial charge on any atom is 0.138 e. The van der Waals surface area contributed by atoms with Crippen LogP contribution in [0, 0.1) is 5.82 Å². The predicted octanol–water partition coefficient (Wildman–Crippen LogP) is 5.48. The summed E-state index contributed by atoms with van der Waals surface area (Å²) in [5.41, 5.74) is 9.82. The molecular weight excluding hydrogens is 391 g/mol. The van der Waals surface area contributed by atoms with Gasteiger partial charge >= 0.3 is 0 Å². The molecular formula is C24H19FN6. The van der Waals surface area contributed by atoms with Crippen molar-refractivity contribution < 1.29 is 4.39 Å². The van der Waals surface area contributed by atoms with E-state index in [1.807, 2.05) is 37.3 Å². The Morgan fingerprint density at radius 2 is 2.03 bits per heavy atom. The molecule has 0 atom stereocenters. The number of aromatic amines is 2. The Morgan fingerprint density at radius 3 is 2.87 bits per heavy atom. The standard InChI is InChI=1S/C24H19FN6/c1-14(13-28-26-2)15-6-7-21-20(11-15)23(31-30-21)22-12-19-18(8-9-27-24(19)29-22)16-4-3-5-17(25)10-16/h3-13,28H,2H2,1H3,(H,27,29)(H,30,31)/b14-13+. The number of H-pyrrole nitrogens is 2. The Hall–Kier alpha value is -4.26. The molecule has 0 aliphatic carbocycles. The van der Waals surface area contributed by atoms with Crippen molar-refractivity contribution in [1.82, 2.24) is 25.6 Å². The van der Waals surface area contributed by atoms with Gasteiger partial charge in [-0.2, -0.15) is 10.2 Å². The molecule has 3 aromatic heterocycles. The minimum absolute atomic E-state index is 0.270. The Kier molecular flexibility index (Phi) is 4.55. The van der Waals surface area contributed by atoms with Crippen LogP contribution in [0.2, 0.25) is 0 Å². The molecule has 2 aromatic carbocycles. The van der Waals surface area contributed by atoms with Crippen molar-refractivity contribution in [3.8, 4) is 22.5 Å². The molecule has 0 bridgehead atoms. The summed E-state index contributed by atoms with van der Waals surface area (Å²) in [5.74, 6) is -0.270. The second-order valence-electron chi connectivity index (χ2n) is 7.26. The summed E-state index contributed by atoms with van der Waals surface area (Å²) in [5, 5.41) is 13.2. The number of pyridine rings is 1. The molecule has 0 unspecified atom stereocenters. The smallest absolute Gasteiger partial charge is 0.138 e. The molecule has 0 saturated carbocycles. The Morgan fingerprint density at radius 1 is 1.13 bits per heavy atom. The van der Waals surface area contributed by atoms with Crippen molar-refractivity contribution in [3.05, 3.63) is 78.4 Å². The number of nitrogens with one attached hydrogen (secondary N) is 3. The van der Waals surface area contributed by atoms with Gasteiger partial charge in [0.25, 0.3) is 0 Å². The molecule has 5 aromatic rings. The van der Waals surface area contributed by atoms with Gasteiger partial charge in [-0.3, -0.25) is 10.5 Å². The summed E-state index contributed by atoms with van der Waals surface area (Å²) in [6.07, 6.45) is 3.52. The van der Waals surface area contributed by atoms with Crippen LogP contribution >= 0.6 is 0 Å². The fraction of sp³-hybridized carbons (Fsp3) is 0.0417. The van der Waals surface area contributed by atoms with Crippen LogP contribution in [0.15, 0.2) is 72.1 Å². The van der Waals surface area contributed by atoms with Gasteiger partial charge in [0.15, 0.2) is 0 Å². The minimum atomic E-state index is -0.270. The van der Waals surface area contributed by atoms with Crippen LogP contribution < -0.4 is 5.43 Å². The summed E-state index contributed by atoms with van der Waals surface area (Å²) in [6.45, 7) is 5.42. The zero-order valence-electron chi connectivity index (χ0n) is 16.8. The molecule has 0 amide bonds. The third-order valence-electron chi connectivity index (χ3n) is 5.31. The highest BCUT2D eigenvalue weighted by Gasteiger charge is 2.15. The molecule has 0 radical (unpaired) electrons. The fourth-order valence-corrected chi connectivity index (χ4v) is 3.75. The summed E-state index contributed by atoms with van der Waals surface area (Å²) < 4.78 is 13.8. The van der Waals surface area contributed by atoms with Crippen LogP contribution in [0.25, 0.3) is 50.0 Å². The number of hydrogen-bond acceptors (Lipinski definition) is 4. The van der Waals surface area contributed by atoms with Gasteiger partial charge in [-0.05, 0) is 65.6 Å². The summed E-state index contributed by atoms with van der Waals surface area (Å²) in [6, 6.07) is 16.6. The second-order valence-corrected chi connectivity index (χ2v) is 7.26. The number of rotatable bonds is 5. The van der Waals surface area contributed by atoms with Gasteiger partial charge in [0.2, 0.25) is 0 Å². The van der Waals surface area contributed by atoms with Crippen LogP contribution in [0.1, 0.15) is 12.5 Å². The fourth-order valence-electron chi connectivity index (χ4n) is 3.75. The van der Waals surface area contributed by atoms with E-state index in [0.717, 1.165) is 55.6 Å². The van der Waals surface area contributed by atoms with Crippen LogP contribution in [0.3, 0.4) is 0 Å². The molecule has 0 spiro atoms. The van der Waals surface area contributed by atoms with Crippen molar-refractivity contribution in [1.29, 1.82) is 0 Å². The second kappa shape index (κ2) is 7.53. The third-order valence-corrected chi connectivity index (χ3v) is 5.31. The lowest BCUT2D eigenvalue weighted by Crippen LogP contribution is -1.93. The van der Waals surface area contributed by atoms with Crippen LogP contribution in [-0.2, 0) is 0 Å². The highest BCUT2D eigenvalue weighted by molar-refractivity contribution is 6.00. The molecule has 31 heavy (non-hydrogen) atoms. The lowest BCUT2D eigenvalue weighted by Gasteiger charge is -2.03. The van der Waals surface area contributed by atoms with Crippen molar-refractivity contribution in [2.24, 2.45) is 5.10 Å². The number of fused-ring (bicyclic) bond motifs is 2. The number of benzene rings is 2. The molecule has 0 aliphatic rings. The largest absolute Gasteiger partial charge is 0.338 e. The third kappa shape index (κ3) is 3.36. The lowest BCUT2D eigenvalue weighted by atomic mass is 10.0. The summed E-state index contributed by atoms with van der Waals surface area (Å²) in [4.78, 5) is 7.82. The first-order valence-corrected chi connectivity index (χ1v) is 9.74. The summed E-state index contributed by atoms with van der Waals surface area (Å²) in [7, 11) is 0. The zero-order valence-corrected chi connectivity index (χ0v) is 16.8. The molecule has 5 rings (SSSR count). The van der Waals surface area contributed by atoms with E-state index in [0.29, 0.717) is 0 Å². The van der Waals surface area contributed by atoms with Crippen molar-refractivity contribution in [2.45, 2.75) is 6.92 Å². The molecule has 0 aliphatic heterocycles. The highest BCUT2D eigenvalue weighted by atomic mass is 19.1. The quantitative estimate of drug-likeness (QED) is 0.265. The van der Waals surface area contributed by atoms with Crippen molar-refractivity contribution in [2.75, 3.05) is 0 Å². The number of hydrogen-bond donors (Lipinski definition) is 3. The summed E-state index contributed by atoms with van der Waals surface area (Å²) >= 11 is 0. The Labute approximate surface area is 177 Å². The molecule has 3 heterocycles. The molecule has 7 heteroatoms. The van der Waals surface area contributed by atoms with E-state index in [2.05, 4.69) is 43.5 Å². The minimum Gasteiger partial charge on any atom is -0.338 e. The van der Waals surface area contributed by atoms with E-state index in [-0.39, 0.29) is 5.82 Å². The number of nitrogens with zero attached hydrogens (tertiary/aromatic N) is 3. The van der Waals surface area contributed by atoms with E-state index in [9.17, 15) is 4.39 Å². The predicted molar refractivity (Wildman–Crippen MR) is 123 cm³/mol. The van der Waals surface area contributed by atoms with E-state index < -0.39 is 0 Å². The maximum absolute atomic E-state index is 13.8. The van der Waals surface area contributed by atoms with E-state index in [4.69, 9.17) is 0 Å². The average molecular weight is 410 g/mol. The lowest BCUT2D eigenvalue weighted by molar-refractivity contribution is 0.628. The van der Waals surface area contributed by atoms with Gasteiger partial charge < -0.3 is 4.98 Å². The van der Waals surface area contributed by atoms with E-state index >= 15 is 0 Å². The van der Waals surface area contributed by atoms with Gasteiger partial charge in [-0.15, -0.1) is 0 Å². The van der Waals surface area contributed by atoms with Crippen LogP contribution in [0.5, 0.6) is 0 Å². The number of allylic oxidation sites excluding steroid dienone is 1. The number of halogens is 1. The molecule has 0 saturated heterocycles. The van der Waals surface area contributed by atoms with Crippen LogP contribution in [0.4, 0.5) is 4.39 Å². The Bertz CT molecular complexity index is 1460. The number of hydrazone groups is 1. The van der Waals surface area contributed by atoms with Crippen LogP contribution in [-0.4, -0.2) is 26.9 Å². The van der Waals surface area contributed by atoms with Gasteiger partial charge in [0.05, 0.1) is 11.2 Å².